The lowest BCUT2D eigenvalue weighted by Crippen LogP contribution is -2.57. The maximum absolute atomic E-state index is 13.3. The van der Waals surface area contributed by atoms with Crippen molar-refractivity contribution in [1.29, 1.82) is 0 Å². The Morgan fingerprint density at radius 1 is 0.976 bits per heavy atom. The minimum absolute atomic E-state index is 0.0644. The van der Waals surface area contributed by atoms with Crippen molar-refractivity contribution >= 4 is 16.8 Å². The predicted molar refractivity (Wildman–Crippen MR) is 156 cm³/mol. The summed E-state index contributed by atoms with van der Waals surface area (Å²) in [6, 6.07) is 21.6. The molecule has 2 aromatic heterocycles. The smallest absolute Gasteiger partial charge is 0.251 e. The zero-order chi connectivity index (χ0) is 27.3. The number of fused-ring (bicyclic) bond motifs is 3. The van der Waals surface area contributed by atoms with E-state index in [-0.39, 0.29) is 18.1 Å². The van der Waals surface area contributed by atoms with Crippen molar-refractivity contribution in [3.05, 3.63) is 78.1 Å². The first-order valence-electron chi connectivity index (χ1n) is 15.0. The van der Waals surface area contributed by atoms with Gasteiger partial charge in [-0.1, -0.05) is 6.07 Å². The molecule has 3 saturated heterocycles. The number of carbonyl (C=O) groups is 1. The molecule has 1 saturated carbocycles. The molecule has 4 aromatic rings. The quantitative estimate of drug-likeness (QED) is 0.311. The summed E-state index contributed by atoms with van der Waals surface area (Å²) in [6.45, 7) is 1.78. The van der Waals surface area contributed by atoms with Gasteiger partial charge in [0.1, 0.15) is 11.9 Å². The lowest BCUT2D eigenvalue weighted by atomic mass is 9.96. The number of aromatic nitrogens is 3. The van der Waals surface area contributed by atoms with Gasteiger partial charge in [0.05, 0.1) is 42.2 Å². The van der Waals surface area contributed by atoms with E-state index < -0.39 is 0 Å². The van der Waals surface area contributed by atoms with Gasteiger partial charge in [-0.3, -0.25) is 19.8 Å². The van der Waals surface area contributed by atoms with Gasteiger partial charge >= 0.3 is 0 Å². The van der Waals surface area contributed by atoms with Gasteiger partial charge in [0.2, 0.25) is 0 Å². The number of ether oxygens (including phenoxy) is 2. The summed E-state index contributed by atoms with van der Waals surface area (Å²) >= 11 is 0. The van der Waals surface area contributed by atoms with Gasteiger partial charge in [0, 0.05) is 34.8 Å². The summed E-state index contributed by atoms with van der Waals surface area (Å²) in [4.78, 5) is 20.6. The topological polar surface area (TPSA) is 92.4 Å². The monoisotopic (exact) mass is 549 g/mol. The number of aromatic amines is 1. The maximum atomic E-state index is 13.3. The molecule has 4 fully saturated rings. The van der Waals surface area contributed by atoms with Crippen LogP contribution in [0.1, 0.15) is 60.6 Å². The lowest BCUT2D eigenvalue weighted by molar-refractivity contribution is -0.102. The van der Waals surface area contributed by atoms with Crippen LogP contribution in [-0.4, -0.2) is 63.4 Å². The molecule has 5 heterocycles. The van der Waals surface area contributed by atoms with Crippen LogP contribution in [0.3, 0.4) is 0 Å². The van der Waals surface area contributed by atoms with E-state index in [0.29, 0.717) is 29.6 Å². The van der Waals surface area contributed by atoms with Crippen molar-refractivity contribution in [1.82, 2.24) is 25.4 Å². The maximum Gasteiger partial charge on any atom is 0.251 e. The molecular formula is C33H35N5O3. The van der Waals surface area contributed by atoms with Crippen molar-refractivity contribution < 1.29 is 14.3 Å². The normalized spacial score (nSPS) is 25.1. The summed E-state index contributed by atoms with van der Waals surface area (Å²) in [5.41, 5.74) is 4.27. The molecule has 210 valence electrons. The Labute approximate surface area is 239 Å². The van der Waals surface area contributed by atoms with Gasteiger partial charge < -0.3 is 14.8 Å². The molecule has 1 aliphatic carbocycles. The van der Waals surface area contributed by atoms with Gasteiger partial charge in [-0.25, -0.2) is 0 Å². The molecule has 0 spiro atoms. The molecule has 1 amide bonds. The number of rotatable bonds is 8. The highest BCUT2D eigenvalue weighted by Crippen LogP contribution is 2.41. The van der Waals surface area contributed by atoms with E-state index >= 15 is 0 Å². The zero-order valence-corrected chi connectivity index (χ0v) is 23.0. The number of carbonyl (C=O) groups excluding carboxylic acids is 1. The van der Waals surface area contributed by atoms with Gasteiger partial charge in [-0.05, 0) is 99.0 Å². The van der Waals surface area contributed by atoms with Crippen molar-refractivity contribution in [2.24, 2.45) is 5.92 Å². The van der Waals surface area contributed by atoms with E-state index in [1.165, 1.54) is 12.8 Å². The van der Waals surface area contributed by atoms with Crippen LogP contribution in [0.15, 0.2) is 66.9 Å². The Hall–Kier alpha value is -3.75. The number of benzene rings is 2. The average Bonchev–Trinajstić information content (AvgIpc) is 3.68. The first-order valence-corrected chi connectivity index (χ1v) is 15.0. The third-order valence-corrected chi connectivity index (χ3v) is 9.43. The number of pyridine rings is 1. The zero-order valence-electron chi connectivity index (χ0n) is 23.0. The third kappa shape index (κ3) is 4.79. The molecule has 8 heteroatoms. The second-order valence-corrected chi connectivity index (χ2v) is 12.1. The van der Waals surface area contributed by atoms with E-state index in [1.54, 1.807) is 6.20 Å². The number of H-pyrrole nitrogens is 1. The first-order chi connectivity index (χ1) is 20.2. The molecule has 2 N–H and O–H groups in total. The van der Waals surface area contributed by atoms with E-state index in [1.807, 2.05) is 48.5 Å². The van der Waals surface area contributed by atoms with Crippen LogP contribution in [0.4, 0.5) is 0 Å². The fraction of sp³-hybridized carbons (Fsp3) is 0.424. The molecule has 1 unspecified atom stereocenters. The number of hydrogen-bond acceptors (Lipinski definition) is 6. The highest BCUT2D eigenvalue weighted by Gasteiger charge is 2.46. The van der Waals surface area contributed by atoms with Crippen LogP contribution in [-0.2, 0) is 4.74 Å². The number of hydrogen-bond donors (Lipinski definition) is 2. The predicted octanol–water partition coefficient (Wildman–Crippen LogP) is 5.28. The minimum Gasteiger partial charge on any atom is -0.490 e. The van der Waals surface area contributed by atoms with E-state index in [4.69, 9.17) is 9.47 Å². The van der Waals surface area contributed by atoms with Crippen LogP contribution in [0.25, 0.3) is 22.2 Å². The van der Waals surface area contributed by atoms with Crippen LogP contribution in [0, 0.1) is 5.92 Å². The number of amides is 1. The molecule has 8 rings (SSSR count). The number of piperidine rings is 1. The largest absolute Gasteiger partial charge is 0.490 e. The molecule has 4 atom stereocenters. The van der Waals surface area contributed by atoms with Crippen molar-refractivity contribution in [2.75, 3.05) is 13.2 Å². The lowest BCUT2D eigenvalue weighted by Gasteiger charge is -2.46. The second-order valence-electron chi connectivity index (χ2n) is 12.1. The summed E-state index contributed by atoms with van der Waals surface area (Å²) in [5, 5.41) is 11.9. The van der Waals surface area contributed by atoms with Gasteiger partial charge in [0.25, 0.3) is 5.91 Å². The van der Waals surface area contributed by atoms with Crippen LogP contribution < -0.4 is 10.1 Å². The van der Waals surface area contributed by atoms with Gasteiger partial charge in [0.15, 0.2) is 0 Å². The Kier molecular flexibility index (Phi) is 6.26. The van der Waals surface area contributed by atoms with Crippen molar-refractivity contribution in [2.45, 2.75) is 68.8 Å². The second kappa shape index (κ2) is 10.3. The fourth-order valence-corrected chi connectivity index (χ4v) is 7.16. The average molecular weight is 550 g/mol. The first kappa shape index (κ1) is 25.0. The third-order valence-electron chi connectivity index (χ3n) is 9.43. The standard InChI is InChI=1S/C33H35N5O3/c39-33(35-32(21-4-5-21)30-3-1-2-14-34-30)22-8-13-29-28(15-22)31(37-36-29)20-6-11-26(12-7-20)41-27-16-23-9-10-24(17-27)38(23)25-18-40-19-25/h1-3,6-8,11-15,21,23-25,27,32H,4-5,9-10,16-19H2,(H,35,39)(H,36,37)/t23-,24+,27?,32-/m1/s1. The van der Waals surface area contributed by atoms with E-state index in [9.17, 15) is 4.79 Å². The molecule has 41 heavy (non-hydrogen) atoms. The minimum atomic E-state index is -0.0878. The number of nitrogens with zero attached hydrogens (tertiary/aromatic N) is 3. The SMILES string of the molecule is O=C(N[C@@H](c1ccccn1)C1CC1)c1ccc2[nH]nc(-c3ccc(OC4C[C@H]5CC[C@@H](C4)N5C4COC4)cc3)c2c1. The Morgan fingerprint density at radius 3 is 2.46 bits per heavy atom. The summed E-state index contributed by atoms with van der Waals surface area (Å²) < 4.78 is 11.9. The molecule has 2 bridgehead atoms. The Bertz CT molecular complexity index is 1530. The fourth-order valence-electron chi connectivity index (χ4n) is 7.16. The van der Waals surface area contributed by atoms with Crippen LogP contribution in [0.2, 0.25) is 0 Å². The molecule has 0 radical (unpaired) electrons. The molecule has 8 nitrogen and oxygen atoms in total. The van der Waals surface area contributed by atoms with Crippen molar-refractivity contribution in [3.8, 4) is 17.0 Å². The van der Waals surface area contributed by atoms with Crippen molar-refractivity contribution in [3.63, 3.8) is 0 Å². The summed E-state index contributed by atoms with van der Waals surface area (Å²) in [5.74, 6) is 1.26. The highest BCUT2D eigenvalue weighted by atomic mass is 16.5. The Balaban J connectivity index is 0.970. The van der Waals surface area contributed by atoms with Crippen LogP contribution >= 0.6 is 0 Å². The highest BCUT2D eigenvalue weighted by molar-refractivity contribution is 6.01. The molecule has 2 aromatic carbocycles. The molecular weight excluding hydrogens is 514 g/mol. The summed E-state index contributed by atoms with van der Waals surface area (Å²) in [6.07, 6.45) is 9.00. The molecule has 3 aliphatic heterocycles. The molecule has 4 aliphatic rings. The summed E-state index contributed by atoms with van der Waals surface area (Å²) in [7, 11) is 0. The van der Waals surface area contributed by atoms with E-state index in [0.717, 1.165) is 72.5 Å². The number of nitrogens with one attached hydrogen (secondary N) is 2. The van der Waals surface area contributed by atoms with Gasteiger partial charge in [-0.15, -0.1) is 0 Å². The van der Waals surface area contributed by atoms with Gasteiger partial charge in [-0.2, -0.15) is 5.10 Å². The Morgan fingerprint density at radius 2 is 1.78 bits per heavy atom. The van der Waals surface area contributed by atoms with Crippen LogP contribution in [0.5, 0.6) is 5.75 Å². The van der Waals surface area contributed by atoms with E-state index in [2.05, 4.69) is 37.5 Å².